The van der Waals surface area contributed by atoms with Crippen LogP contribution < -0.4 is 10.2 Å². The second-order valence-electron chi connectivity index (χ2n) is 8.20. The van der Waals surface area contributed by atoms with Crippen molar-refractivity contribution < 1.29 is 14.5 Å². The molecule has 0 spiro atoms. The molecule has 8 nitrogen and oxygen atoms in total. The highest BCUT2D eigenvalue weighted by Crippen LogP contribution is 2.37. The van der Waals surface area contributed by atoms with Crippen LogP contribution in [0.25, 0.3) is 0 Å². The van der Waals surface area contributed by atoms with Crippen molar-refractivity contribution in [1.29, 1.82) is 0 Å². The van der Waals surface area contributed by atoms with Gasteiger partial charge in [-0.1, -0.05) is 24.3 Å². The van der Waals surface area contributed by atoms with Crippen LogP contribution in [-0.4, -0.2) is 42.3 Å². The van der Waals surface area contributed by atoms with E-state index in [0.29, 0.717) is 11.3 Å². The third-order valence-corrected chi connectivity index (χ3v) is 5.52. The normalized spacial score (nSPS) is 12.1. The SMILES string of the molecule is CN(C)CC(=O)N1c2ccccc2CCc2ccc(NC(=O)c3ccc([N+](=O)[O-])cc3)cc21.Cl. The fraction of sp³-hybridized carbons (Fsp3) is 0.200. The largest absolute Gasteiger partial charge is 0.322 e. The highest BCUT2D eigenvalue weighted by atomic mass is 35.5. The third kappa shape index (κ3) is 5.24. The monoisotopic (exact) mass is 480 g/mol. The molecule has 0 saturated heterocycles. The molecule has 0 radical (unpaired) electrons. The molecule has 34 heavy (non-hydrogen) atoms. The van der Waals surface area contributed by atoms with E-state index >= 15 is 0 Å². The molecule has 0 bridgehead atoms. The third-order valence-electron chi connectivity index (χ3n) is 5.52. The Hall–Kier alpha value is -3.75. The molecule has 1 aliphatic rings. The minimum atomic E-state index is -0.509. The van der Waals surface area contributed by atoms with E-state index in [-0.39, 0.29) is 36.5 Å². The molecule has 1 aliphatic heterocycles. The number of anilines is 3. The van der Waals surface area contributed by atoms with Crippen molar-refractivity contribution in [3.8, 4) is 0 Å². The van der Waals surface area contributed by atoms with Crippen molar-refractivity contribution >= 4 is 47.0 Å². The predicted molar refractivity (Wildman–Crippen MR) is 134 cm³/mol. The number of nitrogens with zero attached hydrogens (tertiary/aromatic N) is 3. The Morgan fingerprint density at radius 1 is 0.971 bits per heavy atom. The first kappa shape index (κ1) is 24.9. The standard InChI is InChI=1S/C25H24N4O4.ClH/c1-27(2)16-24(30)28-22-6-4-3-5-17(22)7-8-18-9-12-20(15-23(18)28)26-25(31)19-10-13-21(14-11-19)29(32)33;/h3-6,9-15H,7-8,16H2,1-2H3,(H,26,31);1H. The number of carbonyl (C=O) groups is 2. The van der Waals surface area contributed by atoms with Gasteiger partial charge in [0.15, 0.2) is 0 Å². The van der Waals surface area contributed by atoms with E-state index in [2.05, 4.69) is 5.32 Å². The van der Waals surface area contributed by atoms with Gasteiger partial charge in [-0.25, -0.2) is 0 Å². The average Bonchev–Trinajstić information content (AvgIpc) is 2.95. The van der Waals surface area contributed by atoms with Crippen molar-refractivity contribution in [2.45, 2.75) is 12.8 Å². The zero-order valence-electron chi connectivity index (χ0n) is 18.9. The summed E-state index contributed by atoms with van der Waals surface area (Å²) >= 11 is 0. The summed E-state index contributed by atoms with van der Waals surface area (Å²) in [5.74, 6) is -0.445. The van der Waals surface area contributed by atoms with Crippen LogP contribution in [0.2, 0.25) is 0 Å². The number of hydrogen-bond donors (Lipinski definition) is 1. The fourth-order valence-corrected chi connectivity index (χ4v) is 3.95. The van der Waals surface area contributed by atoms with Gasteiger partial charge in [0.25, 0.3) is 11.6 Å². The summed E-state index contributed by atoms with van der Waals surface area (Å²) in [4.78, 5) is 39.9. The van der Waals surface area contributed by atoms with Gasteiger partial charge in [0.1, 0.15) is 0 Å². The van der Waals surface area contributed by atoms with Gasteiger partial charge < -0.3 is 10.2 Å². The minimum Gasteiger partial charge on any atom is -0.322 e. The number of likely N-dealkylation sites (N-methyl/N-ethyl adjacent to an activating group) is 1. The van der Waals surface area contributed by atoms with E-state index < -0.39 is 4.92 Å². The van der Waals surface area contributed by atoms with Crippen LogP contribution in [0.3, 0.4) is 0 Å². The number of carbonyl (C=O) groups excluding carboxylic acids is 2. The number of nitrogens with one attached hydrogen (secondary N) is 1. The lowest BCUT2D eigenvalue weighted by atomic mass is 10.0. The minimum absolute atomic E-state index is 0. The molecule has 0 aliphatic carbocycles. The first-order valence-corrected chi connectivity index (χ1v) is 10.6. The number of fused-ring (bicyclic) bond motifs is 2. The van der Waals surface area contributed by atoms with E-state index in [1.165, 1.54) is 24.3 Å². The van der Waals surface area contributed by atoms with E-state index in [4.69, 9.17) is 0 Å². The summed E-state index contributed by atoms with van der Waals surface area (Å²) in [6, 6.07) is 18.9. The number of benzene rings is 3. The van der Waals surface area contributed by atoms with Gasteiger partial charge in [-0.05, 0) is 68.4 Å². The van der Waals surface area contributed by atoms with E-state index in [0.717, 1.165) is 35.3 Å². The number of nitro groups is 1. The molecule has 2 amide bonds. The van der Waals surface area contributed by atoms with E-state index in [1.54, 1.807) is 4.90 Å². The number of nitro benzene ring substituents is 1. The summed E-state index contributed by atoms with van der Waals surface area (Å²) in [5.41, 5.74) is 4.48. The smallest absolute Gasteiger partial charge is 0.269 e. The van der Waals surface area contributed by atoms with Gasteiger partial charge in [-0.3, -0.25) is 24.6 Å². The first-order valence-electron chi connectivity index (χ1n) is 10.6. The van der Waals surface area contributed by atoms with Gasteiger partial charge >= 0.3 is 0 Å². The number of para-hydroxylation sites is 1. The molecule has 0 fully saturated rings. The first-order chi connectivity index (χ1) is 15.8. The lowest BCUT2D eigenvalue weighted by Gasteiger charge is -2.27. The van der Waals surface area contributed by atoms with Gasteiger partial charge in [-0.15, -0.1) is 12.4 Å². The Morgan fingerprint density at radius 3 is 2.26 bits per heavy atom. The average molecular weight is 481 g/mol. The molecule has 1 heterocycles. The Labute approximate surface area is 203 Å². The van der Waals surface area contributed by atoms with Crippen LogP contribution in [0.5, 0.6) is 0 Å². The Balaban J connectivity index is 0.00000324. The lowest BCUT2D eigenvalue weighted by Crippen LogP contribution is -2.35. The number of non-ortho nitro benzene ring substituents is 1. The van der Waals surface area contributed by atoms with Gasteiger partial charge in [0.2, 0.25) is 5.91 Å². The molecule has 9 heteroatoms. The molecule has 1 N–H and O–H groups in total. The number of aryl methyl sites for hydroxylation is 2. The van der Waals surface area contributed by atoms with Crippen LogP contribution in [0, 0.1) is 10.1 Å². The zero-order chi connectivity index (χ0) is 23.5. The number of amides is 2. The zero-order valence-corrected chi connectivity index (χ0v) is 19.7. The number of halogens is 1. The van der Waals surface area contributed by atoms with Crippen LogP contribution in [-0.2, 0) is 17.6 Å². The molecule has 176 valence electrons. The predicted octanol–water partition coefficient (Wildman–Crippen LogP) is 4.59. The molecule has 0 unspecified atom stereocenters. The molecular weight excluding hydrogens is 456 g/mol. The Kier molecular flexibility index (Phi) is 7.65. The fourth-order valence-electron chi connectivity index (χ4n) is 3.95. The van der Waals surface area contributed by atoms with Crippen LogP contribution in [0.15, 0.2) is 66.7 Å². The number of hydrogen-bond acceptors (Lipinski definition) is 5. The van der Waals surface area contributed by atoms with Gasteiger partial charge in [-0.2, -0.15) is 0 Å². The summed E-state index contributed by atoms with van der Waals surface area (Å²) in [7, 11) is 3.70. The van der Waals surface area contributed by atoms with Crippen molar-refractivity contribution in [3.63, 3.8) is 0 Å². The molecular formula is C25H25ClN4O4. The van der Waals surface area contributed by atoms with Crippen LogP contribution >= 0.6 is 12.4 Å². The summed E-state index contributed by atoms with van der Waals surface area (Å²) in [6.07, 6.45) is 1.58. The molecule has 0 saturated carbocycles. The Bertz CT molecular complexity index is 1230. The highest BCUT2D eigenvalue weighted by Gasteiger charge is 2.26. The van der Waals surface area contributed by atoms with Crippen molar-refractivity contribution in [2.24, 2.45) is 0 Å². The highest BCUT2D eigenvalue weighted by molar-refractivity contribution is 6.06. The van der Waals surface area contributed by atoms with Crippen molar-refractivity contribution in [2.75, 3.05) is 30.9 Å². The van der Waals surface area contributed by atoms with E-state index in [1.807, 2.05) is 61.5 Å². The maximum Gasteiger partial charge on any atom is 0.269 e. The van der Waals surface area contributed by atoms with Crippen LogP contribution in [0.4, 0.5) is 22.7 Å². The maximum absolute atomic E-state index is 13.3. The second kappa shape index (κ2) is 10.5. The second-order valence-corrected chi connectivity index (χ2v) is 8.20. The Morgan fingerprint density at radius 2 is 1.62 bits per heavy atom. The molecule has 3 aromatic carbocycles. The summed E-state index contributed by atoms with van der Waals surface area (Å²) in [6.45, 7) is 0.243. The topological polar surface area (TPSA) is 95.8 Å². The van der Waals surface area contributed by atoms with E-state index in [9.17, 15) is 19.7 Å². The lowest BCUT2D eigenvalue weighted by molar-refractivity contribution is -0.384. The quantitative estimate of drug-likeness (QED) is 0.425. The van der Waals surface area contributed by atoms with Crippen molar-refractivity contribution in [1.82, 2.24) is 4.90 Å². The number of rotatable bonds is 5. The summed E-state index contributed by atoms with van der Waals surface area (Å²) in [5, 5.41) is 13.7. The van der Waals surface area contributed by atoms with Crippen molar-refractivity contribution in [3.05, 3.63) is 93.5 Å². The van der Waals surface area contributed by atoms with Crippen LogP contribution in [0.1, 0.15) is 21.5 Å². The molecule has 3 aromatic rings. The van der Waals surface area contributed by atoms with Gasteiger partial charge in [0, 0.05) is 23.4 Å². The summed E-state index contributed by atoms with van der Waals surface area (Å²) < 4.78 is 0. The molecule has 0 aromatic heterocycles. The molecule has 4 rings (SSSR count). The maximum atomic E-state index is 13.3. The van der Waals surface area contributed by atoms with Gasteiger partial charge in [0.05, 0.1) is 22.8 Å². The molecule has 0 atom stereocenters.